The summed E-state index contributed by atoms with van der Waals surface area (Å²) in [6.45, 7) is 5.27. The molecule has 0 spiro atoms. The highest BCUT2D eigenvalue weighted by Gasteiger charge is 2.05. The predicted octanol–water partition coefficient (Wildman–Crippen LogP) is 3.66. The van der Waals surface area contributed by atoms with Crippen molar-refractivity contribution >= 4 is 33.3 Å². The molecule has 0 saturated carbocycles. The van der Waals surface area contributed by atoms with Gasteiger partial charge in [0.05, 0.1) is 12.3 Å². The quantitative estimate of drug-likeness (QED) is 0.778. The first kappa shape index (κ1) is 15.7. The zero-order chi connectivity index (χ0) is 15.2. The second-order valence-electron chi connectivity index (χ2n) is 4.71. The summed E-state index contributed by atoms with van der Waals surface area (Å²) in [5, 5.41) is 6.51. The Hall–Kier alpha value is -1.66. The van der Waals surface area contributed by atoms with E-state index in [0.717, 1.165) is 21.8 Å². The molecule has 0 aliphatic rings. The standard InChI is InChI=1S/C15H19BrN4O/c1-10-4-5-13(12(16)8-10)20-15-9-14(17-6-7-21-3)18-11(2)19-15/h4-5,8-9H,6-7H2,1-3H3,(H2,17,18,19,20). The lowest BCUT2D eigenvalue weighted by Crippen LogP contribution is -2.10. The van der Waals surface area contributed by atoms with Crippen molar-refractivity contribution in [2.45, 2.75) is 13.8 Å². The van der Waals surface area contributed by atoms with Crippen LogP contribution in [-0.2, 0) is 4.74 Å². The van der Waals surface area contributed by atoms with E-state index in [1.165, 1.54) is 5.56 Å². The number of halogens is 1. The van der Waals surface area contributed by atoms with E-state index in [1.807, 2.05) is 19.1 Å². The minimum absolute atomic E-state index is 0.634. The van der Waals surface area contributed by atoms with Crippen LogP contribution in [0.4, 0.5) is 17.3 Å². The van der Waals surface area contributed by atoms with Crippen LogP contribution in [0.3, 0.4) is 0 Å². The highest BCUT2D eigenvalue weighted by molar-refractivity contribution is 9.10. The highest BCUT2D eigenvalue weighted by Crippen LogP contribution is 2.26. The van der Waals surface area contributed by atoms with Gasteiger partial charge in [-0.25, -0.2) is 9.97 Å². The molecule has 112 valence electrons. The number of ether oxygens (including phenoxy) is 1. The topological polar surface area (TPSA) is 59.1 Å². The minimum atomic E-state index is 0.634. The van der Waals surface area contributed by atoms with Gasteiger partial charge in [0.15, 0.2) is 0 Å². The zero-order valence-electron chi connectivity index (χ0n) is 12.4. The number of aryl methyl sites for hydroxylation is 2. The van der Waals surface area contributed by atoms with Crippen LogP contribution >= 0.6 is 15.9 Å². The molecule has 2 aromatic rings. The molecular formula is C15H19BrN4O. The second kappa shape index (κ2) is 7.38. The summed E-state index contributed by atoms with van der Waals surface area (Å²) in [6, 6.07) is 8.02. The molecule has 1 heterocycles. The van der Waals surface area contributed by atoms with Crippen molar-refractivity contribution in [3.05, 3.63) is 40.1 Å². The Bertz CT molecular complexity index is 619. The molecule has 2 N–H and O–H groups in total. The molecule has 0 unspecified atom stereocenters. The molecule has 0 atom stereocenters. The Morgan fingerprint density at radius 1 is 1.14 bits per heavy atom. The average molecular weight is 351 g/mol. The molecule has 0 saturated heterocycles. The van der Waals surface area contributed by atoms with Gasteiger partial charge in [-0.3, -0.25) is 0 Å². The number of aromatic nitrogens is 2. The second-order valence-corrected chi connectivity index (χ2v) is 5.57. The lowest BCUT2D eigenvalue weighted by Gasteiger charge is -2.11. The highest BCUT2D eigenvalue weighted by atomic mass is 79.9. The Labute approximate surface area is 133 Å². The van der Waals surface area contributed by atoms with Crippen molar-refractivity contribution in [2.24, 2.45) is 0 Å². The fourth-order valence-electron chi connectivity index (χ4n) is 1.86. The molecule has 0 aliphatic heterocycles. The minimum Gasteiger partial charge on any atom is -0.383 e. The number of hydrogen-bond acceptors (Lipinski definition) is 5. The summed E-state index contributed by atoms with van der Waals surface area (Å²) >= 11 is 3.55. The van der Waals surface area contributed by atoms with Gasteiger partial charge in [0.1, 0.15) is 17.5 Å². The van der Waals surface area contributed by atoms with E-state index in [0.29, 0.717) is 19.0 Å². The number of nitrogens with zero attached hydrogens (tertiary/aromatic N) is 2. The third-order valence-corrected chi connectivity index (χ3v) is 3.49. The molecular weight excluding hydrogens is 332 g/mol. The molecule has 1 aromatic carbocycles. The number of methoxy groups -OCH3 is 1. The Morgan fingerprint density at radius 3 is 2.62 bits per heavy atom. The van der Waals surface area contributed by atoms with Crippen LogP contribution < -0.4 is 10.6 Å². The Morgan fingerprint density at radius 2 is 1.90 bits per heavy atom. The summed E-state index contributed by atoms with van der Waals surface area (Å²) in [5.74, 6) is 2.25. The van der Waals surface area contributed by atoms with Gasteiger partial charge >= 0.3 is 0 Å². The van der Waals surface area contributed by atoms with Crippen molar-refractivity contribution in [3.8, 4) is 0 Å². The fraction of sp³-hybridized carbons (Fsp3) is 0.333. The fourth-order valence-corrected chi connectivity index (χ4v) is 2.46. The summed E-state index contributed by atoms with van der Waals surface area (Å²) in [5.41, 5.74) is 2.18. The SMILES string of the molecule is COCCNc1cc(Nc2ccc(C)cc2Br)nc(C)n1. The van der Waals surface area contributed by atoms with E-state index in [2.05, 4.69) is 55.6 Å². The third-order valence-electron chi connectivity index (χ3n) is 2.84. The van der Waals surface area contributed by atoms with E-state index < -0.39 is 0 Å². The van der Waals surface area contributed by atoms with Crippen molar-refractivity contribution in [1.82, 2.24) is 9.97 Å². The normalized spacial score (nSPS) is 10.5. The number of rotatable bonds is 6. The van der Waals surface area contributed by atoms with Crippen LogP contribution in [0.25, 0.3) is 0 Å². The first-order valence-corrected chi connectivity index (χ1v) is 7.49. The van der Waals surface area contributed by atoms with E-state index in [9.17, 15) is 0 Å². The molecule has 0 fully saturated rings. The molecule has 21 heavy (non-hydrogen) atoms. The van der Waals surface area contributed by atoms with Crippen LogP contribution in [0.2, 0.25) is 0 Å². The summed E-state index contributed by atoms with van der Waals surface area (Å²) in [7, 11) is 1.68. The van der Waals surface area contributed by atoms with Gasteiger partial charge in [-0.2, -0.15) is 0 Å². The number of hydrogen-bond donors (Lipinski definition) is 2. The van der Waals surface area contributed by atoms with Crippen molar-refractivity contribution < 1.29 is 4.74 Å². The van der Waals surface area contributed by atoms with Gasteiger partial charge < -0.3 is 15.4 Å². The number of anilines is 3. The number of nitrogens with one attached hydrogen (secondary N) is 2. The molecule has 0 aliphatic carbocycles. The largest absolute Gasteiger partial charge is 0.383 e. The molecule has 0 amide bonds. The summed E-state index contributed by atoms with van der Waals surface area (Å²) < 4.78 is 6.03. The van der Waals surface area contributed by atoms with Crippen molar-refractivity contribution in [3.63, 3.8) is 0 Å². The summed E-state index contributed by atoms with van der Waals surface area (Å²) in [6.07, 6.45) is 0. The maximum absolute atomic E-state index is 5.02. The van der Waals surface area contributed by atoms with Crippen LogP contribution in [-0.4, -0.2) is 30.2 Å². The van der Waals surface area contributed by atoms with Crippen LogP contribution in [0.15, 0.2) is 28.7 Å². The molecule has 1 aromatic heterocycles. The average Bonchev–Trinajstić information content (AvgIpc) is 2.42. The van der Waals surface area contributed by atoms with Crippen LogP contribution in [0, 0.1) is 13.8 Å². The molecule has 0 bridgehead atoms. The maximum Gasteiger partial charge on any atom is 0.136 e. The lowest BCUT2D eigenvalue weighted by molar-refractivity contribution is 0.210. The van der Waals surface area contributed by atoms with Crippen LogP contribution in [0.1, 0.15) is 11.4 Å². The zero-order valence-corrected chi connectivity index (χ0v) is 14.0. The van der Waals surface area contributed by atoms with Gasteiger partial charge in [0, 0.05) is 24.2 Å². The van der Waals surface area contributed by atoms with Gasteiger partial charge in [0.2, 0.25) is 0 Å². The first-order chi connectivity index (χ1) is 10.1. The van der Waals surface area contributed by atoms with E-state index in [-0.39, 0.29) is 0 Å². The van der Waals surface area contributed by atoms with Crippen molar-refractivity contribution in [2.75, 3.05) is 30.9 Å². The van der Waals surface area contributed by atoms with E-state index in [1.54, 1.807) is 7.11 Å². The first-order valence-electron chi connectivity index (χ1n) is 6.70. The predicted molar refractivity (Wildman–Crippen MR) is 89.3 cm³/mol. The molecule has 6 heteroatoms. The van der Waals surface area contributed by atoms with Gasteiger partial charge in [-0.1, -0.05) is 6.07 Å². The third kappa shape index (κ3) is 4.68. The monoisotopic (exact) mass is 350 g/mol. The smallest absolute Gasteiger partial charge is 0.136 e. The molecule has 5 nitrogen and oxygen atoms in total. The summed E-state index contributed by atoms with van der Waals surface area (Å²) in [4.78, 5) is 8.76. The molecule has 0 radical (unpaired) electrons. The maximum atomic E-state index is 5.02. The van der Waals surface area contributed by atoms with Gasteiger partial charge in [-0.15, -0.1) is 0 Å². The van der Waals surface area contributed by atoms with Gasteiger partial charge in [-0.05, 0) is 47.5 Å². The van der Waals surface area contributed by atoms with Crippen molar-refractivity contribution in [1.29, 1.82) is 0 Å². The van der Waals surface area contributed by atoms with Crippen LogP contribution in [0.5, 0.6) is 0 Å². The van der Waals surface area contributed by atoms with E-state index >= 15 is 0 Å². The Balaban J connectivity index is 2.15. The van der Waals surface area contributed by atoms with Gasteiger partial charge in [0.25, 0.3) is 0 Å². The molecule has 2 rings (SSSR count). The van der Waals surface area contributed by atoms with E-state index in [4.69, 9.17) is 4.74 Å². The number of benzene rings is 1. The lowest BCUT2D eigenvalue weighted by atomic mass is 10.2. The Kier molecular flexibility index (Phi) is 5.52.